The fourth-order valence-electron chi connectivity index (χ4n) is 1.28. The summed E-state index contributed by atoms with van der Waals surface area (Å²) < 4.78 is 58.0. The molecule has 0 spiro atoms. The summed E-state index contributed by atoms with van der Waals surface area (Å²) >= 11 is -2.53. The Labute approximate surface area is 107 Å². The highest BCUT2D eigenvalue weighted by molar-refractivity contribution is 7.79. The van der Waals surface area contributed by atoms with Crippen LogP contribution in [0.25, 0.3) is 6.08 Å². The van der Waals surface area contributed by atoms with E-state index in [0.29, 0.717) is 6.07 Å². The summed E-state index contributed by atoms with van der Waals surface area (Å²) in [6, 6.07) is 1.36. The van der Waals surface area contributed by atoms with E-state index in [1.807, 2.05) is 0 Å². The minimum atomic E-state index is -4.70. The van der Waals surface area contributed by atoms with Crippen LogP contribution in [0.15, 0.2) is 23.3 Å². The highest BCUT2D eigenvalue weighted by atomic mass is 32.2. The fraction of sp³-hybridized carbons (Fsp3) is 0.111. The number of nitrogens with two attached hydrogens (primary N) is 1. The third kappa shape index (κ3) is 3.92. The Kier molecular flexibility index (Phi) is 4.89. The molecule has 5 N–H and O–H groups in total. The van der Waals surface area contributed by atoms with Gasteiger partial charge in [0.1, 0.15) is 6.26 Å². The smallest absolute Gasteiger partial charge is 0.398 e. The summed E-state index contributed by atoms with van der Waals surface area (Å²) in [6.45, 7) is 0. The number of hydrogen-bond acceptors (Lipinski definition) is 5. The van der Waals surface area contributed by atoms with Crippen molar-refractivity contribution in [2.24, 2.45) is 0 Å². The summed E-state index contributed by atoms with van der Waals surface area (Å²) in [5.74, 6) is 0. The molecule has 0 bridgehead atoms. The van der Waals surface area contributed by atoms with Gasteiger partial charge in [-0.05, 0) is 29.4 Å². The van der Waals surface area contributed by atoms with Crippen molar-refractivity contribution >= 4 is 22.8 Å². The van der Waals surface area contributed by atoms with Gasteiger partial charge in [-0.25, -0.2) is 4.21 Å². The monoisotopic (exact) mass is 298 g/mol. The van der Waals surface area contributed by atoms with Crippen LogP contribution in [0.4, 0.5) is 18.9 Å². The van der Waals surface area contributed by atoms with Crippen molar-refractivity contribution in [1.29, 1.82) is 0 Å². The molecule has 0 fully saturated rings. The molecule has 0 heterocycles. The molecule has 10 heteroatoms. The lowest BCUT2D eigenvalue weighted by molar-refractivity contribution is -0.137. The van der Waals surface area contributed by atoms with Crippen LogP contribution in [0.2, 0.25) is 0 Å². The first kappa shape index (κ1) is 15.4. The standard InChI is InChI=1S/C9H9F3N2O4S/c10-9(11,12)6-4-7(13)8(19(16)17)3-5(6)1-2-18-14-15/h1-4,14-15H,13H2,(H,16,17)/b2-1+. The molecule has 0 saturated heterocycles. The Bertz CT molecular complexity index is 519. The molecule has 0 saturated carbocycles. The second-order valence-electron chi connectivity index (χ2n) is 3.24. The summed E-state index contributed by atoms with van der Waals surface area (Å²) in [7, 11) is 0. The van der Waals surface area contributed by atoms with E-state index in [4.69, 9.17) is 15.5 Å². The molecule has 0 amide bonds. The predicted octanol–water partition coefficient (Wildman–Crippen LogP) is 1.75. The molecule has 0 aliphatic heterocycles. The minimum absolute atomic E-state index is 0.357. The molecule has 0 radical (unpaired) electrons. The molecule has 19 heavy (non-hydrogen) atoms. The molecule has 1 unspecified atom stereocenters. The van der Waals surface area contributed by atoms with Crippen molar-refractivity contribution in [3.8, 4) is 0 Å². The van der Waals surface area contributed by atoms with E-state index in [2.05, 4.69) is 4.84 Å². The molecular formula is C9H9F3N2O4S. The number of benzene rings is 1. The highest BCUT2D eigenvalue weighted by Gasteiger charge is 2.34. The van der Waals surface area contributed by atoms with Gasteiger partial charge in [0.05, 0.1) is 16.1 Å². The lowest BCUT2D eigenvalue weighted by atomic mass is 10.1. The summed E-state index contributed by atoms with van der Waals surface area (Å²) in [6.07, 6.45) is -3.12. The van der Waals surface area contributed by atoms with Crippen LogP contribution in [-0.4, -0.2) is 14.0 Å². The second-order valence-corrected chi connectivity index (χ2v) is 4.17. The zero-order valence-electron chi connectivity index (χ0n) is 9.14. The van der Waals surface area contributed by atoms with E-state index in [1.165, 1.54) is 5.64 Å². The number of nitrogen functional groups attached to an aromatic ring is 1. The molecule has 6 nitrogen and oxygen atoms in total. The van der Waals surface area contributed by atoms with Gasteiger partial charge in [0.15, 0.2) is 11.1 Å². The topological polar surface area (TPSA) is 105 Å². The number of hydrogen-bond donors (Lipinski definition) is 4. The van der Waals surface area contributed by atoms with Gasteiger partial charge in [-0.3, -0.25) is 5.21 Å². The maximum Gasteiger partial charge on any atom is 0.417 e. The van der Waals surface area contributed by atoms with Crippen molar-refractivity contribution < 1.29 is 32.0 Å². The quantitative estimate of drug-likeness (QED) is 0.292. The van der Waals surface area contributed by atoms with E-state index in [9.17, 15) is 17.4 Å². The van der Waals surface area contributed by atoms with Crippen LogP contribution in [-0.2, 0) is 22.1 Å². The van der Waals surface area contributed by atoms with Gasteiger partial charge in [-0.15, -0.1) is 0 Å². The third-order valence-electron chi connectivity index (χ3n) is 2.04. The number of halogens is 3. The number of nitrogens with one attached hydrogen (secondary N) is 1. The molecule has 1 atom stereocenters. The Morgan fingerprint density at radius 2 is 2.05 bits per heavy atom. The van der Waals surface area contributed by atoms with E-state index in [0.717, 1.165) is 18.4 Å². The molecule has 1 aromatic carbocycles. The third-order valence-corrected chi connectivity index (χ3v) is 2.77. The van der Waals surface area contributed by atoms with Crippen LogP contribution < -0.4 is 11.4 Å². The van der Waals surface area contributed by atoms with Gasteiger partial charge in [0.2, 0.25) is 0 Å². The van der Waals surface area contributed by atoms with E-state index >= 15 is 0 Å². The Balaban J connectivity index is 3.37. The molecule has 1 rings (SSSR count). The highest BCUT2D eigenvalue weighted by Crippen LogP contribution is 2.35. The van der Waals surface area contributed by atoms with Crippen molar-refractivity contribution in [1.82, 2.24) is 5.64 Å². The van der Waals surface area contributed by atoms with Gasteiger partial charge in [0, 0.05) is 0 Å². The second kappa shape index (κ2) is 6.02. The summed E-state index contributed by atoms with van der Waals surface area (Å²) in [4.78, 5) is 3.77. The van der Waals surface area contributed by atoms with Crippen LogP contribution >= 0.6 is 0 Å². The van der Waals surface area contributed by atoms with Gasteiger partial charge in [-0.1, -0.05) is 0 Å². The largest absolute Gasteiger partial charge is 0.417 e. The van der Waals surface area contributed by atoms with Crippen molar-refractivity contribution in [3.63, 3.8) is 0 Å². The fourth-order valence-corrected chi connectivity index (χ4v) is 1.77. The number of anilines is 1. The molecular weight excluding hydrogens is 289 g/mol. The lowest BCUT2D eigenvalue weighted by Gasteiger charge is -2.13. The Morgan fingerprint density at radius 1 is 1.42 bits per heavy atom. The molecule has 0 aliphatic rings. The minimum Gasteiger partial charge on any atom is -0.398 e. The molecule has 1 aromatic rings. The van der Waals surface area contributed by atoms with E-state index in [-0.39, 0.29) is 4.90 Å². The predicted molar refractivity (Wildman–Crippen MR) is 59.9 cm³/mol. The Hall–Kier alpha value is -1.62. The first-order valence-corrected chi connectivity index (χ1v) is 5.71. The van der Waals surface area contributed by atoms with Crippen molar-refractivity contribution in [2.75, 3.05) is 5.73 Å². The maximum absolute atomic E-state index is 12.7. The first-order chi connectivity index (χ1) is 8.77. The van der Waals surface area contributed by atoms with Gasteiger partial charge in [-0.2, -0.15) is 13.2 Å². The van der Waals surface area contributed by atoms with Crippen LogP contribution in [0, 0.1) is 0 Å². The van der Waals surface area contributed by atoms with Gasteiger partial charge >= 0.3 is 6.18 Å². The number of alkyl halides is 3. The van der Waals surface area contributed by atoms with E-state index in [1.54, 1.807) is 0 Å². The van der Waals surface area contributed by atoms with Crippen LogP contribution in [0.5, 0.6) is 0 Å². The average Bonchev–Trinajstić information content (AvgIpc) is 2.29. The van der Waals surface area contributed by atoms with Gasteiger partial charge in [0.25, 0.3) is 0 Å². The van der Waals surface area contributed by atoms with Crippen LogP contribution in [0.1, 0.15) is 11.1 Å². The molecule has 0 aromatic heterocycles. The molecule has 106 valence electrons. The lowest BCUT2D eigenvalue weighted by Crippen LogP contribution is -2.10. The first-order valence-electron chi connectivity index (χ1n) is 4.60. The van der Waals surface area contributed by atoms with Gasteiger partial charge < -0.3 is 15.1 Å². The zero-order chi connectivity index (χ0) is 14.6. The van der Waals surface area contributed by atoms with Crippen molar-refractivity contribution in [3.05, 3.63) is 29.5 Å². The molecule has 0 aliphatic carbocycles. The summed E-state index contributed by atoms with van der Waals surface area (Å²) in [5.41, 5.74) is 4.54. The Morgan fingerprint density at radius 3 is 2.53 bits per heavy atom. The maximum atomic E-state index is 12.7. The average molecular weight is 298 g/mol. The normalized spacial score (nSPS) is 13.7. The number of rotatable bonds is 4. The van der Waals surface area contributed by atoms with E-state index < -0.39 is 34.1 Å². The van der Waals surface area contributed by atoms with Crippen LogP contribution in [0.3, 0.4) is 0 Å². The summed E-state index contributed by atoms with van der Waals surface area (Å²) in [5, 5.41) is 8.11. The SMILES string of the molecule is Nc1cc(C(F)(F)F)c(/C=C/ONO)cc1S(=O)O. The van der Waals surface area contributed by atoms with Crippen molar-refractivity contribution in [2.45, 2.75) is 11.1 Å². The zero-order valence-corrected chi connectivity index (χ0v) is 9.96.